The second kappa shape index (κ2) is 5.77. The second-order valence-electron chi connectivity index (χ2n) is 4.79. The molecule has 1 heterocycles. The molecule has 1 aromatic heterocycles. The van der Waals surface area contributed by atoms with Crippen LogP contribution < -0.4 is 5.32 Å². The van der Waals surface area contributed by atoms with Crippen LogP contribution in [0, 0.1) is 8.99 Å². The van der Waals surface area contributed by atoms with E-state index in [9.17, 15) is 0 Å². The van der Waals surface area contributed by atoms with Crippen molar-refractivity contribution in [1.29, 1.82) is 0 Å². The summed E-state index contributed by atoms with van der Waals surface area (Å²) in [6.45, 7) is 6.62. The van der Waals surface area contributed by atoms with E-state index in [1.165, 1.54) is 6.33 Å². The highest BCUT2D eigenvalue weighted by Crippen LogP contribution is 2.26. The Hall–Kier alpha value is -0.430. The normalized spacial score (nSPS) is 13.6. The van der Waals surface area contributed by atoms with E-state index in [2.05, 4.69) is 58.6 Å². The van der Waals surface area contributed by atoms with Gasteiger partial charge in [0.25, 0.3) is 0 Å². The van der Waals surface area contributed by atoms with Gasteiger partial charge < -0.3 is 10.4 Å². The number of hydrogen-bond acceptors (Lipinski definition) is 4. The lowest BCUT2D eigenvalue weighted by Gasteiger charge is -2.31. The van der Waals surface area contributed by atoms with Gasteiger partial charge in [0, 0.05) is 18.8 Å². The molecule has 0 fully saturated rings. The zero-order chi connectivity index (χ0) is 12.2. The Bertz CT molecular complexity index is 338. The molecule has 0 saturated carbocycles. The molecule has 0 radical (unpaired) electrons. The van der Waals surface area contributed by atoms with Gasteiger partial charge in [0.05, 0.1) is 3.57 Å². The maximum absolute atomic E-state index is 9.07. The summed E-state index contributed by atoms with van der Waals surface area (Å²) in [6, 6.07) is 0.195. The van der Waals surface area contributed by atoms with Crippen LogP contribution in [0.2, 0.25) is 0 Å². The largest absolute Gasteiger partial charge is 0.396 e. The number of hydrogen-bond donors (Lipinski definition) is 2. The fraction of sp³-hybridized carbons (Fsp3) is 0.636. The van der Waals surface area contributed by atoms with Crippen molar-refractivity contribution in [3.63, 3.8) is 0 Å². The minimum absolute atomic E-state index is 0.0801. The van der Waals surface area contributed by atoms with Crippen molar-refractivity contribution in [3.8, 4) is 0 Å². The van der Waals surface area contributed by atoms with Gasteiger partial charge in [0.1, 0.15) is 12.1 Å². The van der Waals surface area contributed by atoms with Crippen molar-refractivity contribution in [2.24, 2.45) is 5.41 Å². The Balaban J connectivity index is 2.80. The Morgan fingerprint density at radius 1 is 1.50 bits per heavy atom. The van der Waals surface area contributed by atoms with E-state index < -0.39 is 0 Å². The lowest BCUT2D eigenvalue weighted by molar-refractivity contribution is 0.235. The third-order valence-electron chi connectivity index (χ3n) is 2.44. The molecule has 0 spiro atoms. The lowest BCUT2D eigenvalue weighted by Crippen LogP contribution is -2.35. The van der Waals surface area contributed by atoms with Crippen molar-refractivity contribution in [1.82, 2.24) is 9.97 Å². The molecule has 5 heteroatoms. The molecule has 0 aliphatic carbocycles. The third kappa shape index (κ3) is 3.86. The van der Waals surface area contributed by atoms with Crippen molar-refractivity contribution in [2.45, 2.75) is 33.2 Å². The van der Waals surface area contributed by atoms with Gasteiger partial charge in [0.2, 0.25) is 0 Å². The molecular weight excluding hydrogens is 317 g/mol. The van der Waals surface area contributed by atoms with E-state index >= 15 is 0 Å². The number of anilines is 1. The fourth-order valence-corrected chi connectivity index (χ4v) is 1.89. The molecule has 1 atom stereocenters. The quantitative estimate of drug-likeness (QED) is 0.829. The number of aliphatic hydroxyl groups excluding tert-OH is 1. The molecule has 0 aromatic carbocycles. The molecule has 0 aliphatic rings. The number of aliphatic hydroxyl groups is 1. The van der Waals surface area contributed by atoms with Crippen LogP contribution in [0.1, 0.15) is 27.2 Å². The van der Waals surface area contributed by atoms with Crippen LogP contribution in [-0.2, 0) is 0 Å². The first-order chi connectivity index (χ1) is 7.45. The summed E-state index contributed by atoms with van der Waals surface area (Å²) in [5, 5.41) is 12.4. The van der Waals surface area contributed by atoms with Crippen molar-refractivity contribution < 1.29 is 5.11 Å². The molecule has 0 aliphatic heterocycles. The number of nitrogens with one attached hydrogen (secondary N) is 1. The van der Waals surface area contributed by atoms with E-state index in [0.717, 1.165) is 9.39 Å². The smallest absolute Gasteiger partial charge is 0.143 e. The number of rotatable bonds is 4. The van der Waals surface area contributed by atoms with E-state index in [1.807, 2.05) is 0 Å². The molecule has 0 saturated heterocycles. The number of nitrogens with zero attached hydrogens (tertiary/aromatic N) is 2. The first-order valence-corrected chi connectivity index (χ1v) is 6.36. The fourth-order valence-electron chi connectivity index (χ4n) is 1.43. The average Bonchev–Trinajstić information content (AvgIpc) is 2.19. The monoisotopic (exact) mass is 335 g/mol. The second-order valence-corrected chi connectivity index (χ2v) is 5.96. The molecule has 2 N–H and O–H groups in total. The molecule has 4 nitrogen and oxygen atoms in total. The van der Waals surface area contributed by atoms with Gasteiger partial charge in [0.15, 0.2) is 0 Å². The summed E-state index contributed by atoms with van der Waals surface area (Å²) in [7, 11) is 0. The highest BCUT2D eigenvalue weighted by atomic mass is 127. The summed E-state index contributed by atoms with van der Waals surface area (Å²) in [5.74, 6) is 0.837. The molecule has 1 aromatic rings. The summed E-state index contributed by atoms with van der Waals surface area (Å²) < 4.78 is 0.993. The Kier molecular flexibility index (Phi) is 4.91. The number of aromatic nitrogens is 2. The van der Waals surface area contributed by atoms with Crippen molar-refractivity contribution in [2.75, 3.05) is 11.9 Å². The molecule has 16 heavy (non-hydrogen) atoms. The highest BCUT2D eigenvalue weighted by Gasteiger charge is 2.24. The lowest BCUT2D eigenvalue weighted by atomic mass is 9.85. The van der Waals surface area contributed by atoms with Crippen LogP contribution in [0.3, 0.4) is 0 Å². The van der Waals surface area contributed by atoms with Crippen LogP contribution in [0.4, 0.5) is 5.82 Å². The minimum atomic E-state index is 0.0801. The topological polar surface area (TPSA) is 58.0 Å². The summed E-state index contributed by atoms with van der Waals surface area (Å²) >= 11 is 2.20. The van der Waals surface area contributed by atoms with Crippen LogP contribution in [0.15, 0.2) is 12.5 Å². The van der Waals surface area contributed by atoms with Crippen LogP contribution in [-0.4, -0.2) is 27.7 Å². The maximum Gasteiger partial charge on any atom is 0.143 e. The van der Waals surface area contributed by atoms with Crippen molar-refractivity contribution in [3.05, 3.63) is 16.1 Å². The zero-order valence-corrected chi connectivity index (χ0v) is 12.0. The minimum Gasteiger partial charge on any atom is -0.396 e. The average molecular weight is 335 g/mol. The Morgan fingerprint density at radius 3 is 2.69 bits per heavy atom. The van der Waals surface area contributed by atoms with E-state index in [4.69, 9.17) is 5.11 Å². The molecular formula is C11H18IN3O. The van der Waals surface area contributed by atoms with Gasteiger partial charge in [-0.15, -0.1) is 0 Å². The van der Waals surface area contributed by atoms with Gasteiger partial charge >= 0.3 is 0 Å². The van der Waals surface area contributed by atoms with Gasteiger partial charge in [-0.3, -0.25) is 0 Å². The molecule has 0 bridgehead atoms. The van der Waals surface area contributed by atoms with Crippen LogP contribution in [0.25, 0.3) is 0 Å². The van der Waals surface area contributed by atoms with E-state index in [0.29, 0.717) is 6.42 Å². The predicted molar refractivity (Wildman–Crippen MR) is 73.3 cm³/mol. The Morgan fingerprint density at radius 2 is 2.19 bits per heavy atom. The summed E-state index contributed by atoms with van der Waals surface area (Å²) in [5.41, 5.74) is 0.0801. The van der Waals surface area contributed by atoms with E-state index in [-0.39, 0.29) is 18.1 Å². The van der Waals surface area contributed by atoms with Crippen LogP contribution in [0.5, 0.6) is 0 Å². The summed E-state index contributed by atoms with van der Waals surface area (Å²) in [6.07, 6.45) is 4.02. The molecule has 90 valence electrons. The molecule has 0 amide bonds. The van der Waals surface area contributed by atoms with Gasteiger partial charge in [-0.1, -0.05) is 20.8 Å². The van der Waals surface area contributed by atoms with Crippen molar-refractivity contribution >= 4 is 28.4 Å². The van der Waals surface area contributed by atoms with Gasteiger partial charge in [-0.2, -0.15) is 0 Å². The molecule has 1 unspecified atom stereocenters. The van der Waals surface area contributed by atoms with Crippen LogP contribution >= 0.6 is 22.6 Å². The SMILES string of the molecule is CC(C)(C)C(CCO)Nc1ncncc1I. The predicted octanol–water partition coefficient (Wildman–Crippen LogP) is 2.29. The Labute approximate surface area is 110 Å². The zero-order valence-electron chi connectivity index (χ0n) is 9.87. The maximum atomic E-state index is 9.07. The first kappa shape index (κ1) is 13.6. The van der Waals surface area contributed by atoms with E-state index in [1.54, 1.807) is 6.20 Å². The first-order valence-electron chi connectivity index (χ1n) is 5.28. The highest BCUT2D eigenvalue weighted by molar-refractivity contribution is 14.1. The van der Waals surface area contributed by atoms with Gasteiger partial charge in [-0.05, 0) is 34.4 Å². The standard InChI is InChI=1S/C11H18IN3O/c1-11(2,3)9(4-5-16)15-10-8(12)6-13-7-14-10/h6-7,9,16H,4-5H2,1-3H3,(H,13,14,15). The number of halogens is 1. The van der Waals surface area contributed by atoms with Gasteiger partial charge in [-0.25, -0.2) is 9.97 Å². The third-order valence-corrected chi connectivity index (χ3v) is 3.23. The summed E-state index contributed by atoms with van der Waals surface area (Å²) in [4.78, 5) is 8.15. The molecule has 1 rings (SSSR count).